The van der Waals surface area contributed by atoms with Gasteiger partial charge in [-0.05, 0) is 36.4 Å². The Kier molecular flexibility index (Phi) is 3.24. The van der Waals surface area contributed by atoms with Crippen molar-refractivity contribution < 1.29 is 4.74 Å². The third kappa shape index (κ3) is 2.42. The molecule has 0 N–H and O–H groups in total. The molecule has 0 amide bonds. The second kappa shape index (κ2) is 5.20. The van der Waals surface area contributed by atoms with Crippen molar-refractivity contribution in [1.82, 2.24) is 4.98 Å². The summed E-state index contributed by atoms with van der Waals surface area (Å²) in [5, 5.41) is 10.3. The second-order valence-electron chi connectivity index (χ2n) is 4.22. The van der Waals surface area contributed by atoms with Gasteiger partial charge in [-0.2, -0.15) is 5.26 Å². The molecule has 3 rings (SSSR count). The molecule has 0 fully saturated rings. The van der Waals surface area contributed by atoms with E-state index in [-0.39, 0.29) is 0 Å². The third-order valence-electron chi connectivity index (χ3n) is 2.87. The van der Waals surface area contributed by atoms with Crippen LogP contribution in [0.5, 0.6) is 11.5 Å². The van der Waals surface area contributed by atoms with Gasteiger partial charge < -0.3 is 4.74 Å². The Morgan fingerprint density at radius 2 is 2.00 bits per heavy atom. The van der Waals surface area contributed by atoms with Gasteiger partial charge in [0.25, 0.3) is 0 Å². The Hall–Kier alpha value is -2.57. The minimum absolute atomic E-state index is 0.408. The fourth-order valence-corrected chi connectivity index (χ4v) is 2.11. The number of nitriles is 1. The molecule has 2 aromatic carbocycles. The number of nitrogens with zero attached hydrogens (tertiary/aromatic N) is 2. The highest BCUT2D eigenvalue weighted by molar-refractivity contribution is 6.32. The van der Waals surface area contributed by atoms with E-state index in [9.17, 15) is 0 Å². The van der Waals surface area contributed by atoms with E-state index in [0.29, 0.717) is 22.1 Å². The second-order valence-corrected chi connectivity index (χ2v) is 4.62. The van der Waals surface area contributed by atoms with E-state index in [4.69, 9.17) is 21.6 Å². The predicted octanol–water partition coefficient (Wildman–Crippen LogP) is 4.55. The smallest absolute Gasteiger partial charge is 0.146 e. The summed E-state index contributed by atoms with van der Waals surface area (Å²) in [6.45, 7) is 0. The molecule has 20 heavy (non-hydrogen) atoms. The summed E-state index contributed by atoms with van der Waals surface area (Å²) in [6.07, 6.45) is 1.74. The van der Waals surface area contributed by atoms with Crippen molar-refractivity contribution in [3.63, 3.8) is 0 Å². The van der Waals surface area contributed by atoms with Crippen molar-refractivity contribution in [1.29, 1.82) is 5.26 Å². The first-order chi connectivity index (χ1) is 9.76. The normalized spacial score (nSPS) is 10.2. The van der Waals surface area contributed by atoms with Gasteiger partial charge in [-0.1, -0.05) is 17.7 Å². The maximum Gasteiger partial charge on any atom is 0.146 e. The maximum absolute atomic E-state index is 8.80. The van der Waals surface area contributed by atoms with Gasteiger partial charge >= 0.3 is 0 Å². The molecule has 0 saturated carbocycles. The zero-order valence-corrected chi connectivity index (χ0v) is 11.1. The van der Waals surface area contributed by atoms with E-state index in [1.165, 1.54) is 0 Å². The maximum atomic E-state index is 8.80. The lowest BCUT2D eigenvalue weighted by Crippen LogP contribution is -1.87. The van der Waals surface area contributed by atoms with Crippen molar-refractivity contribution in [2.75, 3.05) is 0 Å². The molecule has 0 atom stereocenters. The van der Waals surface area contributed by atoms with Crippen LogP contribution in [0.1, 0.15) is 5.56 Å². The molecule has 1 heterocycles. The number of rotatable bonds is 2. The minimum Gasteiger partial charge on any atom is -0.456 e. The molecule has 3 aromatic rings. The van der Waals surface area contributed by atoms with Gasteiger partial charge in [-0.15, -0.1) is 0 Å². The summed E-state index contributed by atoms with van der Waals surface area (Å²) in [6, 6.07) is 16.5. The highest BCUT2D eigenvalue weighted by atomic mass is 35.5. The topological polar surface area (TPSA) is 45.9 Å². The van der Waals surface area contributed by atoms with Gasteiger partial charge in [0.1, 0.15) is 11.5 Å². The molecular formula is C16H9ClN2O. The zero-order chi connectivity index (χ0) is 13.9. The third-order valence-corrected chi connectivity index (χ3v) is 3.16. The minimum atomic E-state index is 0.408. The molecule has 3 nitrogen and oxygen atoms in total. The molecule has 0 aliphatic heterocycles. The number of pyridine rings is 1. The quantitative estimate of drug-likeness (QED) is 0.691. The first-order valence-electron chi connectivity index (χ1n) is 5.98. The molecule has 0 aliphatic rings. The van der Waals surface area contributed by atoms with Gasteiger partial charge in [-0.3, -0.25) is 4.98 Å². The zero-order valence-electron chi connectivity index (χ0n) is 10.4. The number of aromatic nitrogens is 1. The molecule has 1 aromatic heterocycles. The van der Waals surface area contributed by atoms with Crippen molar-refractivity contribution in [3.05, 3.63) is 65.3 Å². The average molecular weight is 281 g/mol. The molecule has 0 bridgehead atoms. The van der Waals surface area contributed by atoms with Crippen molar-refractivity contribution in [2.45, 2.75) is 0 Å². The largest absolute Gasteiger partial charge is 0.456 e. The van der Waals surface area contributed by atoms with Crippen molar-refractivity contribution in [2.24, 2.45) is 0 Å². The van der Waals surface area contributed by atoms with Crippen LogP contribution in [0.2, 0.25) is 5.02 Å². The molecule has 0 radical (unpaired) electrons. The fraction of sp³-hybridized carbons (Fsp3) is 0. The van der Waals surface area contributed by atoms with Crippen LogP contribution in [-0.2, 0) is 0 Å². The van der Waals surface area contributed by atoms with Crippen molar-refractivity contribution >= 4 is 22.5 Å². The summed E-state index contributed by atoms with van der Waals surface area (Å²) < 4.78 is 5.74. The van der Waals surface area contributed by atoms with E-state index in [2.05, 4.69) is 4.98 Å². The molecular weight excluding hydrogens is 272 g/mol. The molecule has 0 aliphatic carbocycles. The van der Waals surface area contributed by atoms with Crippen LogP contribution in [0, 0.1) is 11.3 Å². The van der Waals surface area contributed by atoms with Crippen LogP contribution in [0.15, 0.2) is 54.7 Å². The van der Waals surface area contributed by atoms with Crippen LogP contribution in [0.25, 0.3) is 10.9 Å². The lowest BCUT2D eigenvalue weighted by molar-refractivity contribution is 0.483. The highest BCUT2D eigenvalue weighted by Gasteiger charge is 2.05. The number of benzene rings is 2. The van der Waals surface area contributed by atoms with E-state index in [0.717, 1.165) is 10.9 Å². The lowest BCUT2D eigenvalue weighted by atomic mass is 10.2. The molecule has 96 valence electrons. The Morgan fingerprint density at radius 3 is 2.80 bits per heavy atom. The van der Waals surface area contributed by atoms with E-state index in [1.807, 2.05) is 36.4 Å². The van der Waals surface area contributed by atoms with Gasteiger partial charge in [0.05, 0.1) is 22.2 Å². The van der Waals surface area contributed by atoms with Gasteiger partial charge in [0.2, 0.25) is 0 Å². The predicted molar refractivity (Wildman–Crippen MR) is 78.0 cm³/mol. The molecule has 0 spiro atoms. The van der Waals surface area contributed by atoms with Crippen LogP contribution in [0.3, 0.4) is 0 Å². The fourth-order valence-electron chi connectivity index (χ4n) is 1.89. The lowest BCUT2D eigenvalue weighted by Gasteiger charge is -2.08. The van der Waals surface area contributed by atoms with Crippen LogP contribution in [-0.4, -0.2) is 4.98 Å². The number of hydrogen-bond donors (Lipinski definition) is 0. The van der Waals surface area contributed by atoms with Crippen LogP contribution >= 0.6 is 11.6 Å². The Balaban J connectivity index is 1.95. The first-order valence-corrected chi connectivity index (χ1v) is 6.36. The monoisotopic (exact) mass is 280 g/mol. The van der Waals surface area contributed by atoms with E-state index >= 15 is 0 Å². The number of hydrogen-bond acceptors (Lipinski definition) is 3. The molecule has 4 heteroatoms. The summed E-state index contributed by atoms with van der Waals surface area (Å²) >= 11 is 6.08. The highest BCUT2D eigenvalue weighted by Crippen LogP contribution is 2.31. The SMILES string of the molecule is N#Cc1ccc(Oc2ccc3cccnc3c2)c(Cl)c1. The van der Waals surface area contributed by atoms with Crippen LogP contribution < -0.4 is 4.74 Å². The molecule has 0 saturated heterocycles. The summed E-state index contributed by atoms with van der Waals surface area (Å²) in [5.74, 6) is 1.17. The average Bonchev–Trinajstić information content (AvgIpc) is 2.49. The summed E-state index contributed by atoms with van der Waals surface area (Å²) in [7, 11) is 0. The van der Waals surface area contributed by atoms with Gasteiger partial charge in [0.15, 0.2) is 0 Å². The van der Waals surface area contributed by atoms with Gasteiger partial charge in [-0.25, -0.2) is 0 Å². The van der Waals surface area contributed by atoms with Gasteiger partial charge in [0, 0.05) is 17.6 Å². The van der Waals surface area contributed by atoms with E-state index in [1.54, 1.807) is 24.4 Å². The number of halogens is 1. The Bertz CT molecular complexity index is 824. The Morgan fingerprint density at radius 1 is 1.10 bits per heavy atom. The summed E-state index contributed by atoms with van der Waals surface area (Å²) in [5.41, 5.74) is 1.36. The molecule has 0 unspecified atom stereocenters. The van der Waals surface area contributed by atoms with Crippen molar-refractivity contribution in [3.8, 4) is 17.6 Å². The number of ether oxygens (including phenoxy) is 1. The number of fused-ring (bicyclic) bond motifs is 1. The summed E-state index contributed by atoms with van der Waals surface area (Å²) in [4.78, 5) is 4.28. The Labute approximate surface area is 121 Å². The first kappa shape index (κ1) is 12.5. The van der Waals surface area contributed by atoms with E-state index < -0.39 is 0 Å². The van der Waals surface area contributed by atoms with Crippen LogP contribution in [0.4, 0.5) is 0 Å². The standard InChI is InChI=1S/C16H9ClN2O/c17-14-8-11(10-18)3-6-16(14)20-13-5-4-12-2-1-7-19-15(12)9-13/h1-9H.